The van der Waals surface area contributed by atoms with Gasteiger partial charge in [-0.3, -0.25) is 0 Å². The van der Waals surface area contributed by atoms with Crippen molar-refractivity contribution in [3.63, 3.8) is 0 Å². The van der Waals surface area contributed by atoms with E-state index in [1.54, 1.807) is 6.92 Å². The maximum absolute atomic E-state index is 10.1. The van der Waals surface area contributed by atoms with Crippen molar-refractivity contribution in [2.75, 3.05) is 5.75 Å². The van der Waals surface area contributed by atoms with Crippen LogP contribution in [0.3, 0.4) is 0 Å². The summed E-state index contributed by atoms with van der Waals surface area (Å²) >= 11 is 3.93. The number of carbonyl (C=O) groups excluding carboxylic acids is 1. The second-order valence-corrected chi connectivity index (χ2v) is 2.54. The van der Waals surface area contributed by atoms with Crippen molar-refractivity contribution in [2.24, 2.45) is 5.73 Å². The van der Waals surface area contributed by atoms with Crippen LogP contribution in [0.25, 0.3) is 0 Å². The van der Waals surface area contributed by atoms with Gasteiger partial charge >= 0.3 is 0 Å². The molecule has 8 heavy (non-hydrogen) atoms. The molecule has 0 spiro atoms. The summed E-state index contributed by atoms with van der Waals surface area (Å²) in [4.78, 5) is 10.1. The van der Waals surface area contributed by atoms with E-state index in [9.17, 15) is 4.79 Å². The molecule has 1 unspecified atom stereocenters. The molecular formula is C5H11NOS. The lowest BCUT2D eigenvalue weighted by Crippen LogP contribution is -2.38. The molecule has 2 N–H and O–H groups in total. The van der Waals surface area contributed by atoms with Crippen LogP contribution in [0.2, 0.25) is 0 Å². The van der Waals surface area contributed by atoms with Crippen LogP contribution in [-0.2, 0) is 4.79 Å². The van der Waals surface area contributed by atoms with Gasteiger partial charge in [0.25, 0.3) is 0 Å². The van der Waals surface area contributed by atoms with E-state index in [2.05, 4.69) is 12.6 Å². The van der Waals surface area contributed by atoms with Gasteiger partial charge in [0.05, 0.1) is 5.54 Å². The number of hydrogen-bond donors (Lipinski definition) is 2. The summed E-state index contributed by atoms with van der Waals surface area (Å²) in [7, 11) is 0. The maximum Gasteiger partial charge on any atom is 0.139 e. The molecule has 0 saturated heterocycles. The van der Waals surface area contributed by atoms with E-state index in [4.69, 9.17) is 5.73 Å². The largest absolute Gasteiger partial charge is 0.319 e. The molecular weight excluding hydrogens is 122 g/mol. The molecule has 0 aliphatic rings. The third-order valence-corrected chi connectivity index (χ3v) is 1.14. The average molecular weight is 133 g/mol. The van der Waals surface area contributed by atoms with E-state index in [0.29, 0.717) is 12.2 Å². The van der Waals surface area contributed by atoms with Crippen LogP contribution in [0.4, 0.5) is 0 Å². The minimum absolute atomic E-state index is 0.639. The number of nitrogens with two attached hydrogens (primary N) is 1. The van der Waals surface area contributed by atoms with Gasteiger partial charge in [0, 0.05) is 0 Å². The number of aldehydes is 1. The van der Waals surface area contributed by atoms with Crippen LogP contribution in [0.1, 0.15) is 13.3 Å². The Morgan fingerprint density at radius 1 is 1.88 bits per heavy atom. The van der Waals surface area contributed by atoms with Crippen LogP contribution in [0.5, 0.6) is 0 Å². The zero-order chi connectivity index (χ0) is 6.62. The Kier molecular flexibility index (Phi) is 3.09. The predicted molar refractivity (Wildman–Crippen MR) is 37.1 cm³/mol. The van der Waals surface area contributed by atoms with Gasteiger partial charge in [-0.2, -0.15) is 12.6 Å². The van der Waals surface area contributed by atoms with E-state index < -0.39 is 5.54 Å². The molecule has 0 saturated carbocycles. The Labute approximate surface area is 54.9 Å². The highest BCUT2D eigenvalue weighted by Gasteiger charge is 2.14. The van der Waals surface area contributed by atoms with Crippen LogP contribution in [0, 0.1) is 0 Å². The molecule has 1 atom stereocenters. The summed E-state index contributed by atoms with van der Waals surface area (Å²) < 4.78 is 0. The lowest BCUT2D eigenvalue weighted by molar-refractivity contribution is -0.111. The van der Waals surface area contributed by atoms with E-state index >= 15 is 0 Å². The van der Waals surface area contributed by atoms with Crippen molar-refractivity contribution in [1.82, 2.24) is 0 Å². The lowest BCUT2D eigenvalue weighted by atomic mass is 10.0. The van der Waals surface area contributed by atoms with E-state index in [1.807, 2.05) is 0 Å². The summed E-state index contributed by atoms with van der Waals surface area (Å²) in [5, 5.41) is 0. The van der Waals surface area contributed by atoms with Crippen LogP contribution in [-0.4, -0.2) is 17.6 Å². The van der Waals surface area contributed by atoms with Crippen LogP contribution < -0.4 is 5.73 Å². The molecule has 2 nitrogen and oxygen atoms in total. The molecule has 0 aliphatic carbocycles. The first-order valence-electron chi connectivity index (χ1n) is 2.48. The molecule has 0 heterocycles. The van der Waals surface area contributed by atoms with Crippen molar-refractivity contribution in [3.8, 4) is 0 Å². The SMILES string of the molecule is CC(N)(C=O)CCS. The van der Waals surface area contributed by atoms with Crippen molar-refractivity contribution in [2.45, 2.75) is 18.9 Å². The molecule has 0 radical (unpaired) electrons. The number of thiol groups is 1. The first-order chi connectivity index (χ1) is 3.62. The smallest absolute Gasteiger partial charge is 0.139 e. The Bertz CT molecular complexity index is 82.5. The van der Waals surface area contributed by atoms with Gasteiger partial charge in [-0.25, -0.2) is 0 Å². The molecule has 0 bridgehead atoms. The van der Waals surface area contributed by atoms with Crippen molar-refractivity contribution in [1.29, 1.82) is 0 Å². The molecule has 0 fully saturated rings. The highest BCUT2D eigenvalue weighted by Crippen LogP contribution is 2.01. The first kappa shape index (κ1) is 7.98. The summed E-state index contributed by atoms with van der Waals surface area (Å²) in [5.41, 5.74) is 4.74. The lowest BCUT2D eigenvalue weighted by Gasteiger charge is -2.13. The predicted octanol–water partition coefficient (Wildman–Crippen LogP) is 0.223. The molecule has 0 aromatic rings. The first-order valence-corrected chi connectivity index (χ1v) is 3.12. The Morgan fingerprint density at radius 3 is 2.50 bits per heavy atom. The van der Waals surface area contributed by atoms with Gasteiger partial charge in [0.2, 0.25) is 0 Å². The third-order valence-electron chi connectivity index (χ3n) is 0.920. The molecule has 48 valence electrons. The summed E-state index contributed by atoms with van der Waals surface area (Å²) in [5.74, 6) is 0.658. The van der Waals surface area contributed by atoms with Crippen LogP contribution >= 0.6 is 12.6 Å². The van der Waals surface area contributed by atoms with Gasteiger partial charge in [0.15, 0.2) is 0 Å². The highest BCUT2D eigenvalue weighted by atomic mass is 32.1. The van der Waals surface area contributed by atoms with E-state index in [0.717, 1.165) is 6.29 Å². The fraction of sp³-hybridized carbons (Fsp3) is 0.800. The molecule has 0 amide bonds. The number of rotatable bonds is 3. The second-order valence-electron chi connectivity index (χ2n) is 2.10. The maximum atomic E-state index is 10.1. The highest BCUT2D eigenvalue weighted by molar-refractivity contribution is 7.80. The van der Waals surface area contributed by atoms with Gasteiger partial charge < -0.3 is 10.5 Å². The van der Waals surface area contributed by atoms with Gasteiger partial charge in [0.1, 0.15) is 6.29 Å². The van der Waals surface area contributed by atoms with Crippen LogP contribution in [0.15, 0.2) is 0 Å². The second kappa shape index (κ2) is 3.10. The minimum Gasteiger partial charge on any atom is -0.319 e. The zero-order valence-corrected chi connectivity index (χ0v) is 5.82. The summed E-state index contributed by atoms with van der Waals surface area (Å²) in [6, 6.07) is 0. The molecule has 0 rings (SSSR count). The fourth-order valence-corrected chi connectivity index (χ4v) is 0.782. The quantitative estimate of drug-likeness (QED) is 0.427. The van der Waals surface area contributed by atoms with E-state index in [-0.39, 0.29) is 0 Å². The van der Waals surface area contributed by atoms with Gasteiger partial charge in [-0.15, -0.1) is 0 Å². The number of hydrogen-bond acceptors (Lipinski definition) is 3. The minimum atomic E-state index is -0.665. The Morgan fingerprint density at radius 2 is 2.38 bits per heavy atom. The van der Waals surface area contributed by atoms with E-state index in [1.165, 1.54) is 0 Å². The monoisotopic (exact) mass is 133 g/mol. The van der Waals surface area contributed by atoms with Crippen molar-refractivity contribution >= 4 is 18.9 Å². The summed E-state index contributed by atoms with van der Waals surface area (Å²) in [6.45, 7) is 1.69. The topological polar surface area (TPSA) is 43.1 Å². The zero-order valence-electron chi connectivity index (χ0n) is 4.92. The molecule has 0 aliphatic heterocycles. The molecule has 0 aromatic carbocycles. The third kappa shape index (κ3) is 3.04. The Balaban J connectivity index is 3.53. The normalized spacial score (nSPS) is 17.4. The fourth-order valence-electron chi connectivity index (χ4n) is 0.300. The van der Waals surface area contributed by atoms with Crippen molar-refractivity contribution < 1.29 is 4.79 Å². The molecule has 3 heteroatoms. The van der Waals surface area contributed by atoms with Gasteiger partial charge in [-0.1, -0.05) is 0 Å². The molecule has 0 aromatic heterocycles. The average Bonchev–Trinajstić information content (AvgIpc) is 1.67. The number of carbonyl (C=O) groups is 1. The van der Waals surface area contributed by atoms with Crippen molar-refractivity contribution in [3.05, 3.63) is 0 Å². The van der Waals surface area contributed by atoms with Gasteiger partial charge in [-0.05, 0) is 19.1 Å². The summed E-state index contributed by atoms with van der Waals surface area (Å²) in [6.07, 6.45) is 1.39. The standard InChI is InChI=1S/C5H11NOS/c1-5(6,4-7)2-3-8/h4,8H,2-3,6H2,1H3. The Hall–Kier alpha value is -0.0200.